The van der Waals surface area contributed by atoms with Crippen LogP contribution in [0.5, 0.6) is 0 Å². The highest BCUT2D eigenvalue weighted by Gasteiger charge is 2.21. The molecule has 0 aliphatic carbocycles. The highest BCUT2D eigenvalue weighted by molar-refractivity contribution is 9.09. The second kappa shape index (κ2) is 8.36. The number of rotatable bonds is 6. The second-order valence-corrected chi connectivity index (χ2v) is 8.22. The van der Waals surface area contributed by atoms with Gasteiger partial charge in [-0.05, 0) is 12.1 Å². The maximum atomic E-state index is 9.81. The molecule has 2 aromatic heterocycles. The zero-order valence-electron chi connectivity index (χ0n) is 17.1. The fourth-order valence-electron chi connectivity index (χ4n) is 4.33. The molecule has 0 amide bonds. The lowest BCUT2D eigenvalue weighted by Gasteiger charge is -2.21. The van der Waals surface area contributed by atoms with Gasteiger partial charge in [0.05, 0.1) is 0 Å². The van der Waals surface area contributed by atoms with Crippen LogP contribution in [0.3, 0.4) is 0 Å². The van der Waals surface area contributed by atoms with E-state index in [2.05, 4.69) is 45.1 Å². The summed E-state index contributed by atoms with van der Waals surface area (Å²) in [7, 11) is 3.88. The van der Waals surface area contributed by atoms with Crippen molar-refractivity contribution in [2.75, 3.05) is 11.9 Å². The van der Waals surface area contributed by atoms with Gasteiger partial charge in [0.2, 0.25) is 0 Å². The molecule has 0 fully saturated rings. The zero-order chi connectivity index (χ0) is 21.3. The molecule has 30 heavy (non-hydrogen) atoms. The van der Waals surface area contributed by atoms with Crippen molar-refractivity contribution >= 4 is 37.7 Å². The third kappa shape index (κ3) is 3.29. The van der Waals surface area contributed by atoms with Crippen LogP contribution in [0.1, 0.15) is 22.5 Å². The van der Waals surface area contributed by atoms with Crippen LogP contribution in [0.15, 0.2) is 48.5 Å². The summed E-state index contributed by atoms with van der Waals surface area (Å²) in [6.45, 7) is 2.09. The van der Waals surface area contributed by atoms with Gasteiger partial charge in [-0.25, -0.2) is 0 Å². The molecule has 6 heteroatoms. The molecule has 0 aliphatic heterocycles. The molecule has 4 rings (SSSR count). The predicted molar refractivity (Wildman–Crippen MR) is 123 cm³/mol. The summed E-state index contributed by atoms with van der Waals surface area (Å²) < 4.78 is 3.94. The number of para-hydroxylation sites is 2. The summed E-state index contributed by atoms with van der Waals surface area (Å²) >= 11 is 3.58. The molecule has 0 bridgehead atoms. The molecule has 0 saturated carbocycles. The van der Waals surface area contributed by atoms with Gasteiger partial charge in [-0.1, -0.05) is 52.3 Å². The molecule has 150 valence electrons. The third-order valence-electron chi connectivity index (χ3n) is 5.80. The zero-order valence-corrected chi connectivity index (χ0v) is 18.6. The van der Waals surface area contributed by atoms with Gasteiger partial charge in [0, 0.05) is 72.0 Å². The molecule has 4 aromatic rings. The van der Waals surface area contributed by atoms with E-state index in [0.717, 1.165) is 44.8 Å². The Bertz CT molecular complexity index is 1220. The van der Waals surface area contributed by atoms with Crippen molar-refractivity contribution in [1.82, 2.24) is 14.0 Å². The maximum absolute atomic E-state index is 9.81. The number of hydrogen-bond acceptors (Lipinski definition) is 3. The number of benzene rings is 2. The highest BCUT2D eigenvalue weighted by atomic mass is 79.9. The topological polar surface area (TPSA) is 60.7 Å². The normalized spacial score (nSPS) is 11.3. The van der Waals surface area contributed by atoms with Gasteiger partial charge < -0.3 is 9.13 Å². The fraction of sp³-hybridized carbons (Fsp3) is 0.250. The van der Waals surface area contributed by atoms with Crippen molar-refractivity contribution in [3.8, 4) is 12.1 Å². The van der Waals surface area contributed by atoms with E-state index in [-0.39, 0.29) is 0 Å². The van der Waals surface area contributed by atoms with Gasteiger partial charge in [-0.2, -0.15) is 10.5 Å². The lowest BCUT2D eigenvalue weighted by molar-refractivity contribution is 0.275. The van der Waals surface area contributed by atoms with Gasteiger partial charge in [0.15, 0.2) is 0 Å². The van der Waals surface area contributed by atoms with Crippen LogP contribution in [-0.2, 0) is 27.2 Å². The number of halogens is 1. The van der Waals surface area contributed by atoms with Crippen molar-refractivity contribution < 1.29 is 0 Å². The molecule has 0 spiro atoms. The first-order valence-electron chi connectivity index (χ1n) is 9.81. The van der Waals surface area contributed by atoms with E-state index in [1.165, 1.54) is 0 Å². The number of hydrogen-bond donors (Lipinski definition) is 0. The second-order valence-electron chi connectivity index (χ2n) is 7.43. The molecular weight excluding hydrogens is 438 g/mol. The SMILES string of the molecule is Cn1c(C#N)c(CN(CCBr)Cc2c(C#N)n(C)c3ccccc23)c2ccccc21. The van der Waals surface area contributed by atoms with Crippen LogP contribution in [-0.4, -0.2) is 25.9 Å². The summed E-state index contributed by atoms with van der Waals surface area (Å²) in [5.41, 5.74) is 5.57. The summed E-state index contributed by atoms with van der Waals surface area (Å²) in [5.74, 6) is 0. The lowest BCUT2D eigenvalue weighted by Crippen LogP contribution is -2.25. The molecule has 5 nitrogen and oxygen atoms in total. The Balaban J connectivity index is 1.78. The summed E-state index contributed by atoms with van der Waals surface area (Å²) in [6.07, 6.45) is 0. The van der Waals surface area contributed by atoms with E-state index in [4.69, 9.17) is 0 Å². The quantitative estimate of drug-likeness (QED) is 0.388. The van der Waals surface area contributed by atoms with Gasteiger partial charge in [0.1, 0.15) is 23.5 Å². The lowest BCUT2D eigenvalue weighted by atomic mass is 10.1. The largest absolute Gasteiger partial charge is 0.335 e. The van der Waals surface area contributed by atoms with E-state index < -0.39 is 0 Å². The number of alkyl halides is 1. The number of aryl methyl sites for hydroxylation is 2. The van der Waals surface area contributed by atoms with Gasteiger partial charge in [0.25, 0.3) is 0 Å². The summed E-state index contributed by atoms with van der Waals surface area (Å²) in [6, 6.07) is 21.1. The van der Waals surface area contributed by atoms with Crippen molar-refractivity contribution in [1.29, 1.82) is 10.5 Å². The number of nitriles is 2. The fourth-order valence-corrected chi connectivity index (χ4v) is 4.83. The average molecular weight is 460 g/mol. The Morgan fingerprint density at radius 3 is 1.63 bits per heavy atom. The molecule has 0 saturated heterocycles. The van der Waals surface area contributed by atoms with Crippen molar-refractivity contribution in [3.05, 3.63) is 71.0 Å². The molecule has 2 aromatic carbocycles. The van der Waals surface area contributed by atoms with E-state index >= 15 is 0 Å². The standard InChI is InChI=1S/C24H22BrN5/c1-28-21-9-5-3-7-17(21)19(23(28)13-26)15-30(12-11-25)16-20-18-8-4-6-10-22(18)29(2)24(20)14-27/h3-10H,11-12,15-16H2,1-2H3. The minimum atomic E-state index is 0.643. The maximum Gasteiger partial charge on any atom is 0.125 e. The van der Waals surface area contributed by atoms with Gasteiger partial charge >= 0.3 is 0 Å². The van der Waals surface area contributed by atoms with E-state index in [0.29, 0.717) is 24.5 Å². The van der Waals surface area contributed by atoms with E-state index in [1.54, 1.807) is 0 Å². The van der Waals surface area contributed by atoms with Crippen LogP contribution >= 0.6 is 15.9 Å². The average Bonchev–Trinajstić information content (AvgIpc) is 3.19. The monoisotopic (exact) mass is 459 g/mol. The van der Waals surface area contributed by atoms with Crippen molar-refractivity contribution in [2.24, 2.45) is 14.1 Å². The Kier molecular flexibility index (Phi) is 5.63. The number of fused-ring (bicyclic) bond motifs is 2. The highest BCUT2D eigenvalue weighted by Crippen LogP contribution is 2.29. The van der Waals surface area contributed by atoms with E-state index in [9.17, 15) is 10.5 Å². The van der Waals surface area contributed by atoms with Crippen LogP contribution in [0.25, 0.3) is 21.8 Å². The number of aromatic nitrogens is 2. The smallest absolute Gasteiger partial charge is 0.125 e. The number of nitrogens with zero attached hydrogens (tertiary/aromatic N) is 5. The van der Waals surface area contributed by atoms with Crippen LogP contribution in [0.4, 0.5) is 0 Å². The van der Waals surface area contributed by atoms with Gasteiger partial charge in [-0.3, -0.25) is 4.90 Å². The molecule has 0 radical (unpaired) electrons. The Morgan fingerprint density at radius 1 is 0.800 bits per heavy atom. The minimum absolute atomic E-state index is 0.643. The van der Waals surface area contributed by atoms with Crippen LogP contribution in [0, 0.1) is 22.7 Å². The Labute approximate surface area is 184 Å². The third-order valence-corrected chi connectivity index (χ3v) is 6.15. The molecule has 0 N–H and O–H groups in total. The van der Waals surface area contributed by atoms with Crippen molar-refractivity contribution in [3.63, 3.8) is 0 Å². The van der Waals surface area contributed by atoms with Crippen molar-refractivity contribution in [2.45, 2.75) is 13.1 Å². The molecule has 0 atom stereocenters. The van der Waals surface area contributed by atoms with Crippen LogP contribution in [0.2, 0.25) is 0 Å². The van der Waals surface area contributed by atoms with Crippen LogP contribution < -0.4 is 0 Å². The summed E-state index contributed by atoms with van der Waals surface area (Å²) in [5, 5.41) is 22.7. The van der Waals surface area contributed by atoms with E-state index in [1.807, 2.05) is 59.6 Å². The van der Waals surface area contributed by atoms with Gasteiger partial charge in [-0.15, -0.1) is 0 Å². The molecular formula is C24H22BrN5. The molecule has 0 aliphatic rings. The predicted octanol–water partition coefficient (Wildman–Crippen LogP) is 4.81. The first-order chi connectivity index (χ1) is 14.6. The first-order valence-corrected chi connectivity index (χ1v) is 10.9. The molecule has 2 heterocycles. The summed E-state index contributed by atoms with van der Waals surface area (Å²) in [4.78, 5) is 2.31. The first kappa shape index (κ1) is 20.2. The molecule has 0 unspecified atom stereocenters. The Hall–Kier alpha value is -3.06. The minimum Gasteiger partial charge on any atom is -0.335 e. The Morgan fingerprint density at radius 2 is 1.23 bits per heavy atom.